The molecule has 0 spiro atoms. The minimum Gasteiger partial charge on any atom is -0.469 e. The standard InChI is InChI=1S/C13H12N2O3/c1-7-9(4-5-18-7)12(16)8-2-3-10-11(6-8)15-13(17)14-10/h2-6,12,16H,1H3,(H2,14,15,17). The average molecular weight is 244 g/mol. The van der Waals surface area contributed by atoms with Crippen LogP contribution >= 0.6 is 0 Å². The molecule has 1 unspecified atom stereocenters. The third-order valence-corrected chi connectivity index (χ3v) is 3.05. The summed E-state index contributed by atoms with van der Waals surface area (Å²) >= 11 is 0. The number of aromatic amines is 2. The van der Waals surface area contributed by atoms with E-state index in [4.69, 9.17) is 4.42 Å². The molecule has 0 fully saturated rings. The number of furan rings is 1. The zero-order valence-electron chi connectivity index (χ0n) is 9.73. The lowest BCUT2D eigenvalue weighted by Gasteiger charge is -2.09. The Balaban J connectivity index is 2.09. The summed E-state index contributed by atoms with van der Waals surface area (Å²) in [5.74, 6) is 0.685. The van der Waals surface area contributed by atoms with Crippen LogP contribution in [-0.4, -0.2) is 15.1 Å². The van der Waals surface area contributed by atoms with Crippen LogP contribution in [-0.2, 0) is 0 Å². The molecule has 1 aromatic carbocycles. The molecule has 2 aromatic heterocycles. The number of fused-ring (bicyclic) bond motifs is 1. The van der Waals surface area contributed by atoms with Crippen molar-refractivity contribution in [2.45, 2.75) is 13.0 Å². The lowest BCUT2D eigenvalue weighted by molar-refractivity contribution is 0.218. The number of rotatable bonds is 2. The van der Waals surface area contributed by atoms with Gasteiger partial charge in [-0.15, -0.1) is 0 Å². The van der Waals surface area contributed by atoms with Crippen LogP contribution in [0.1, 0.15) is 23.0 Å². The van der Waals surface area contributed by atoms with Gasteiger partial charge in [-0.1, -0.05) is 6.07 Å². The molecule has 3 rings (SSSR count). The average Bonchev–Trinajstić information content (AvgIpc) is 2.91. The van der Waals surface area contributed by atoms with Crippen molar-refractivity contribution in [3.8, 4) is 0 Å². The molecule has 3 N–H and O–H groups in total. The van der Waals surface area contributed by atoms with Gasteiger partial charge in [0, 0.05) is 5.56 Å². The molecule has 1 atom stereocenters. The van der Waals surface area contributed by atoms with Gasteiger partial charge in [-0.25, -0.2) is 4.79 Å². The summed E-state index contributed by atoms with van der Waals surface area (Å²) < 4.78 is 5.17. The molecule has 2 heterocycles. The number of aliphatic hydroxyl groups is 1. The van der Waals surface area contributed by atoms with Crippen molar-refractivity contribution in [3.05, 3.63) is 57.9 Å². The quantitative estimate of drug-likeness (QED) is 0.643. The third kappa shape index (κ3) is 1.65. The lowest BCUT2D eigenvalue weighted by atomic mass is 10.0. The van der Waals surface area contributed by atoms with Crippen LogP contribution in [0.3, 0.4) is 0 Å². The highest BCUT2D eigenvalue weighted by molar-refractivity contribution is 5.75. The fourth-order valence-electron chi connectivity index (χ4n) is 2.08. The predicted octanol–water partition coefficient (Wildman–Crippen LogP) is 1.84. The number of hydrogen-bond donors (Lipinski definition) is 3. The largest absolute Gasteiger partial charge is 0.469 e. The zero-order valence-corrected chi connectivity index (χ0v) is 9.73. The topological polar surface area (TPSA) is 82.0 Å². The molecular formula is C13H12N2O3. The number of H-pyrrole nitrogens is 2. The first kappa shape index (κ1) is 10.9. The minimum atomic E-state index is -0.758. The summed E-state index contributed by atoms with van der Waals surface area (Å²) in [6.45, 7) is 1.80. The van der Waals surface area contributed by atoms with Crippen molar-refractivity contribution < 1.29 is 9.52 Å². The van der Waals surface area contributed by atoms with Gasteiger partial charge in [-0.2, -0.15) is 0 Å². The summed E-state index contributed by atoms with van der Waals surface area (Å²) in [6.07, 6.45) is 0.788. The Morgan fingerprint density at radius 2 is 2.00 bits per heavy atom. The van der Waals surface area contributed by atoms with E-state index in [0.29, 0.717) is 16.8 Å². The molecule has 0 radical (unpaired) electrons. The van der Waals surface area contributed by atoms with Crippen molar-refractivity contribution in [1.82, 2.24) is 9.97 Å². The van der Waals surface area contributed by atoms with Crippen molar-refractivity contribution in [2.75, 3.05) is 0 Å². The molecule has 0 aliphatic rings. The second kappa shape index (κ2) is 3.89. The van der Waals surface area contributed by atoms with Crippen LogP contribution < -0.4 is 5.69 Å². The number of hydrogen-bond acceptors (Lipinski definition) is 3. The van der Waals surface area contributed by atoms with Crippen LogP contribution in [0.2, 0.25) is 0 Å². The van der Waals surface area contributed by atoms with E-state index in [-0.39, 0.29) is 5.69 Å². The first-order valence-corrected chi connectivity index (χ1v) is 5.59. The highest BCUT2D eigenvalue weighted by atomic mass is 16.3. The predicted molar refractivity (Wildman–Crippen MR) is 66.4 cm³/mol. The molecule has 0 aliphatic carbocycles. The van der Waals surface area contributed by atoms with E-state index in [0.717, 1.165) is 11.1 Å². The van der Waals surface area contributed by atoms with Crippen molar-refractivity contribution in [1.29, 1.82) is 0 Å². The van der Waals surface area contributed by atoms with Crippen LogP contribution in [0, 0.1) is 6.92 Å². The first-order chi connectivity index (χ1) is 8.65. The van der Waals surface area contributed by atoms with E-state index in [2.05, 4.69) is 9.97 Å². The fraction of sp³-hybridized carbons (Fsp3) is 0.154. The molecule has 18 heavy (non-hydrogen) atoms. The van der Waals surface area contributed by atoms with E-state index in [1.807, 2.05) is 0 Å². The van der Waals surface area contributed by atoms with Crippen LogP contribution in [0.5, 0.6) is 0 Å². The van der Waals surface area contributed by atoms with E-state index >= 15 is 0 Å². The van der Waals surface area contributed by atoms with Crippen LogP contribution in [0.15, 0.2) is 39.7 Å². The molecule has 5 nitrogen and oxygen atoms in total. The Morgan fingerprint density at radius 1 is 1.22 bits per heavy atom. The number of imidazole rings is 1. The number of nitrogens with one attached hydrogen (secondary N) is 2. The monoisotopic (exact) mass is 244 g/mol. The van der Waals surface area contributed by atoms with E-state index in [1.54, 1.807) is 37.5 Å². The molecule has 92 valence electrons. The van der Waals surface area contributed by atoms with Crippen molar-refractivity contribution >= 4 is 11.0 Å². The number of aliphatic hydroxyl groups excluding tert-OH is 1. The Hall–Kier alpha value is -2.27. The third-order valence-electron chi connectivity index (χ3n) is 3.05. The number of aryl methyl sites for hydroxylation is 1. The lowest BCUT2D eigenvalue weighted by Crippen LogP contribution is -2.00. The number of aromatic nitrogens is 2. The smallest absolute Gasteiger partial charge is 0.323 e. The van der Waals surface area contributed by atoms with Crippen molar-refractivity contribution in [3.63, 3.8) is 0 Å². The maximum absolute atomic E-state index is 11.2. The highest BCUT2D eigenvalue weighted by Gasteiger charge is 2.15. The fourth-order valence-corrected chi connectivity index (χ4v) is 2.08. The van der Waals surface area contributed by atoms with Gasteiger partial charge in [0.1, 0.15) is 11.9 Å². The maximum Gasteiger partial charge on any atom is 0.323 e. The molecule has 0 saturated carbocycles. The molecule has 3 aromatic rings. The first-order valence-electron chi connectivity index (χ1n) is 5.59. The van der Waals surface area contributed by atoms with Crippen LogP contribution in [0.25, 0.3) is 11.0 Å². The molecule has 0 saturated heterocycles. The Bertz CT molecular complexity index is 751. The van der Waals surface area contributed by atoms with Gasteiger partial charge in [0.25, 0.3) is 0 Å². The maximum atomic E-state index is 11.2. The normalized spacial score (nSPS) is 13.0. The van der Waals surface area contributed by atoms with Gasteiger partial charge in [0.15, 0.2) is 0 Å². The van der Waals surface area contributed by atoms with Gasteiger partial charge in [-0.05, 0) is 30.7 Å². The Kier molecular flexibility index (Phi) is 2.34. The van der Waals surface area contributed by atoms with Gasteiger partial charge < -0.3 is 19.5 Å². The van der Waals surface area contributed by atoms with Gasteiger partial charge in [-0.3, -0.25) is 0 Å². The summed E-state index contributed by atoms with van der Waals surface area (Å²) in [7, 11) is 0. The van der Waals surface area contributed by atoms with Gasteiger partial charge >= 0.3 is 5.69 Å². The second-order valence-electron chi connectivity index (χ2n) is 4.22. The molecule has 5 heteroatoms. The Morgan fingerprint density at radius 3 is 2.72 bits per heavy atom. The van der Waals surface area contributed by atoms with E-state index in [1.165, 1.54) is 0 Å². The van der Waals surface area contributed by atoms with Crippen LogP contribution in [0.4, 0.5) is 0 Å². The molecule has 0 aliphatic heterocycles. The SMILES string of the molecule is Cc1occc1C(O)c1ccc2[nH]c(=O)[nH]c2c1. The summed E-state index contributed by atoms with van der Waals surface area (Å²) in [4.78, 5) is 16.5. The molecule has 0 amide bonds. The summed E-state index contributed by atoms with van der Waals surface area (Å²) in [5, 5.41) is 10.3. The van der Waals surface area contributed by atoms with E-state index in [9.17, 15) is 9.90 Å². The summed E-state index contributed by atoms with van der Waals surface area (Å²) in [5.41, 5.74) is 2.59. The van der Waals surface area contributed by atoms with Crippen molar-refractivity contribution in [2.24, 2.45) is 0 Å². The zero-order chi connectivity index (χ0) is 12.7. The highest BCUT2D eigenvalue weighted by Crippen LogP contribution is 2.26. The summed E-state index contributed by atoms with van der Waals surface area (Å²) in [6, 6.07) is 7.04. The minimum absolute atomic E-state index is 0.254. The van der Waals surface area contributed by atoms with Gasteiger partial charge in [0.05, 0.1) is 17.3 Å². The van der Waals surface area contributed by atoms with Gasteiger partial charge in [0.2, 0.25) is 0 Å². The second-order valence-corrected chi connectivity index (χ2v) is 4.22. The van der Waals surface area contributed by atoms with E-state index < -0.39 is 6.10 Å². The molecule has 0 bridgehead atoms. The Labute approximate surface area is 102 Å². The number of benzene rings is 1. The molecular weight excluding hydrogens is 232 g/mol.